The lowest BCUT2D eigenvalue weighted by Gasteiger charge is -2.42. The van der Waals surface area contributed by atoms with Crippen LogP contribution in [0, 0.1) is 6.92 Å². The van der Waals surface area contributed by atoms with Gasteiger partial charge in [-0.05, 0) is 38.5 Å². The predicted molar refractivity (Wildman–Crippen MR) is 80.2 cm³/mol. The summed E-state index contributed by atoms with van der Waals surface area (Å²) in [6, 6.07) is 7.38. The van der Waals surface area contributed by atoms with Crippen LogP contribution in [0.15, 0.2) is 28.7 Å². The van der Waals surface area contributed by atoms with Crippen LogP contribution in [0.3, 0.4) is 0 Å². The molecule has 1 amide bonds. The van der Waals surface area contributed by atoms with E-state index in [-0.39, 0.29) is 24.1 Å². The van der Waals surface area contributed by atoms with Gasteiger partial charge < -0.3 is 20.2 Å². The molecule has 3 rings (SSSR count). The number of hydrogen-bond donors (Lipinski definition) is 2. The van der Waals surface area contributed by atoms with Gasteiger partial charge in [0.2, 0.25) is 0 Å². The van der Waals surface area contributed by atoms with Crippen LogP contribution >= 0.6 is 0 Å². The largest absolute Gasteiger partial charge is 0.451 e. The minimum atomic E-state index is -0.242. The van der Waals surface area contributed by atoms with Crippen LogP contribution in [-0.2, 0) is 4.74 Å². The third-order valence-corrected chi connectivity index (χ3v) is 3.94. The Morgan fingerprint density at radius 2 is 2.29 bits per heavy atom. The van der Waals surface area contributed by atoms with E-state index in [0.717, 1.165) is 17.4 Å². The highest BCUT2D eigenvalue weighted by Gasteiger charge is 2.40. The molecule has 21 heavy (non-hydrogen) atoms. The standard InChI is InChI=1S/C16H20N2O3/c1-3-20-13-8-11(17)15(13)18-16(19)14-7-10-6-9(2)4-5-12(10)21-14/h4-7,11,13,15H,3,8,17H2,1-2H3,(H,18,19). The van der Waals surface area contributed by atoms with Gasteiger partial charge >= 0.3 is 0 Å². The Bertz CT molecular complexity index is 663. The maximum absolute atomic E-state index is 12.3. The van der Waals surface area contributed by atoms with Crippen LogP contribution in [0.1, 0.15) is 29.5 Å². The highest BCUT2D eigenvalue weighted by molar-refractivity contribution is 5.96. The molecule has 0 spiro atoms. The summed E-state index contributed by atoms with van der Waals surface area (Å²) in [5.41, 5.74) is 7.78. The summed E-state index contributed by atoms with van der Waals surface area (Å²) in [5.74, 6) is 0.0682. The molecule has 5 heteroatoms. The molecule has 0 aliphatic heterocycles. The number of carbonyl (C=O) groups excluding carboxylic acids is 1. The number of benzene rings is 1. The Kier molecular flexibility index (Phi) is 3.69. The van der Waals surface area contributed by atoms with E-state index in [1.54, 1.807) is 6.07 Å². The first-order valence-corrected chi connectivity index (χ1v) is 7.26. The third-order valence-electron chi connectivity index (χ3n) is 3.94. The van der Waals surface area contributed by atoms with Crippen LogP contribution in [0.4, 0.5) is 0 Å². The molecular weight excluding hydrogens is 268 g/mol. The zero-order valence-corrected chi connectivity index (χ0v) is 12.3. The first-order valence-electron chi connectivity index (χ1n) is 7.26. The van der Waals surface area contributed by atoms with E-state index in [0.29, 0.717) is 18.0 Å². The number of furan rings is 1. The molecule has 1 heterocycles. The Morgan fingerprint density at radius 1 is 1.48 bits per heavy atom. The van der Waals surface area contributed by atoms with Gasteiger partial charge in [-0.3, -0.25) is 4.79 Å². The maximum atomic E-state index is 12.3. The Morgan fingerprint density at radius 3 is 3.00 bits per heavy atom. The zero-order valence-electron chi connectivity index (χ0n) is 12.3. The van der Waals surface area contributed by atoms with Crippen LogP contribution in [0.2, 0.25) is 0 Å². The van der Waals surface area contributed by atoms with Crippen molar-refractivity contribution >= 4 is 16.9 Å². The molecule has 1 aromatic heterocycles. The summed E-state index contributed by atoms with van der Waals surface area (Å²) in [6.45, 7) is 4.56. The van der Waals surface area contributed by atoms with Crippen molar-refractivity contribution in [2.24, 2.45) is 5.73 Å². The highest BCUT2D eigenvalue weighted by Crippen LogP contribution is 2.24. The van der Waals surface area contributed by atoms with Gasteiger partial charge in [0, 0.05) is 18.0 Å². The zero-order chi connectivity index (χ0) is 15.0. The molecule has 112 valence electrons. The first-order chi connectivity index (χ1) is 10.1. The summed E-state index contributed by atoms with van der Waals surface area (Å²) in [6.07, 6.45) is 0.776. The highest BCUT2D eigenvalue weighted by atomic mass is 16.5. The summed E-state index contributed by atoms with van der Waals surface area (Å²) < 4.78 is 11.1. The predicted octanol–water partition coefficient (Wildman–Crippen LogP) is 1.98. The van der Waals surface area contributed by atoms with Crippen molar-refractivity contribution in [3.05, 3.63) is 35.6 Å². The lowest BCUT2D eigenvalue weighted by atomic mass is 9.83. The van der Waals surface area contributed by atoms with E-state index >= 15 is 0 Å². The number of hydrogen-bond acceptors (Lipinski definition) is 4. The molecule has 2 aromatic rings. The van der Waals surface area contributed by atoms with Crippen molar-refractivity contribution in [3.63, 3.8) is 0 Å². The smallest absolute Gasteiger partial charge is 0.287 e. The second-order valence-corrected chi connectivity index (χ2v) is 5.54. The number of amides is 1. The topological polar surface area (TPSA) is 77.5 Å². The molecule has 1 aliphatic rings. The second-order valence-electron chi connectivity index (χ2n) is 5.54. The van der Waals surface area contributed by atoms with E-state index < -0.39 is 0 Å². The normalized spacial score (nSPS) is 24.8. The molecule has 0 radical (unpaired) electrons. The van der Waals surface area contributed by atoms with E-state index in [1.165, 1.54) is 0 Å². The van der Waals surface area contributed by atoms with Gasteiger partial charge in [-0.15, -0.1) is 0 Å². The molecular formula is C16H20N2O3. The first kappa shape index (κ1) is 14.1. The van der Waals surface area contributed by atoms with Gasteiger partial charge in [0.15, 0.2) is 5.76 Å². The fourth-order valence-electron chi connectivity index (χ4n) is 2.72. The van der Waals surface area contributed by atoms with Crippen molar-refractivity contribution in [2.45, 2.75) is 38.5 Å². The van der Waals surface area contributed by atoms with Gasteiger partial charge in [-0.1, -0.05) is 11.6 Å². The van der Waals surface area contributed by atoms with Gasteiger partial charge in [-0.2, -0.15) is 0 Å². The lowest BCUT2D eigenvalue weighted by Crippen LogP contribution is -2.64. The van der Waals surface area contributed by atoms with Crippen LogP contribution in [-0.4, -0.2) is 30.7 Å². The third kappa shape index (κ3) is 2.66. The van der Waals surface area contributed by atoms with Crippen molar-refractivity contribution in [1.82, 2.24) is 5.32 Å². The Balaban J connectivity index is 1.74. The molecule has 1 fully saturated rings. The fourth-order valence-corrected chi connectivity index (χ4v) is 2.72. The van der Waals surface area contributed by atoms with Crippen LogP contribution in [0.25, 0.3) is 11.0 Å². The number of aryl methyl sites for hydroxylation is 1. The van der Waals surface area contributed by atoms with E-state index in [4.69, 9.17) is 14.9 Å². The SMILES string of the molecule is CCOC1CC(N)C1NC(=O)c1cc2cc(C)ccc2o1. The quantitative estimate of drug-likeness (QED) is 0.901. The van der Waals surface area contributed by atoms with Gasteiger partial charge in [-0.25, -0.2) is 0 Å². The number of ether oxygens (including phenoxy) is 1. The molecule has 0 saturated heterocycles. The lowest BCUT2D eigenvalue weighted by molar-refractivity contribution is -0.0302. The monoisotopic (exact) mass is 288 g/mol. The molecule has 0 bridgehead atoms. The molecule has 1 aromatic carbocycles. The van der Waals surface area contributed by atoms with Crippen molar-refractivity contribution in [1.29, 1.82) is 0 Å². The van der Waals surface area contributed by atoms with Gasteiger partial charge in [0.1, 0.15) is 5.58 Å². The summed E-state index contributed by atoms with van der Waals surface area (Å²) in [7, 11) is 0. The molecule has 5 nitrogen and oxygen atoms in total. The fraction of sp³-hybridized carbons (Fsp3) is 0.438. The van der Waals surface area contributed by atoms with Crippen molar-refractivity contribution in [3.8, 4) is 0 Å². The summed E-state index contributed by atoms with van der Waals surface area (Å²) in [5, 5.41) is 3.84. The Hall–Kier alpha value is -1.85. The molecule has 3 atom stereocenters. The molecule has 3 unspecified atom stereocenters. The van der Waals surface area contributed by atoms with Crippen molar-refractivity contribution in [2.75, 3.05) is 6.61 Å². The summed E-state index contributed by atoms with van der Waals surface area (Å²) in [4.78, 5) is 12.3. The number of nitrogens with one attached hydrogen (secondary N) is 1. The number of carbonyl (C=O) groups is 1. The van der Waals surface area contributed by atoms with Gasteiger partial charge in [0.05, 0.1) is 12.1 Å². The average molecular weight is 288 g/mol. The minimum Gasteiger partial charge on any atom is -0.451 e. The Labute approximate surface area is 123 Å². The molecule has 1 aliphatic carbocycles. The number of rotatable bonds is 4. The van der Waals surface area contributed by atoms with Crippen LogP contribution in [0.5, 0.6) is 0 Å². The number of fused-ring (bicyclic) bond motifs is 1. The number of nitrogens with two attached hydrogens (primary N) is 1. The second kappa shape index (κ2) is 5.50. The van der Waals surface area contributed by atoms with Gasteiger partial charge in [0.25, 0.3) is 5.91 Å². The summed E-state index contributed by atoms with van der Waals surface area (Å²) >= 11 is 0. The van der Waals surface area contributed by atoms with Crippen molar-refractivity contribution < 1.29 is 13.9 Å². The molecule has 1 saturated carbocycles. The maximum Gasteiger partial charge on any atom is 0.287 e. The van der Waals surface area contributed by atoms with E-state index in [1.807, 2.05) is 32.0 Å². The van der Waals surface area contributed by atoms with E-state index in [2.05, 4.69) is 5.32 Å². The molecule has 3 N–H and O–H groups in total. The van der Waals surface area contributed by atoms with E-state index in [9.17, 15) is 4.79 Å². The minimum absolute atomic E-state index is 0.000530. The van der Waals surface area contributed by atoms with Crippen LogP contribution < -0.4 is 11.1 Å². The average Bonchev–Trinajstić information content (AvgIpc) is 2.87.